The molecule has 3 aromatic rings. The van der Waals surface area contributed by atoms with Gasteiger partial charge in [0.05, 0.1) is 46.5 Å². The Morgan fingerprint density at radius 3 is 2.91 bits per heavy atom. The number of rotatable bonds is 2. The van der Waals surface area contributed by atoms with Gasteiger partial charge < -0.3 is 9.67 Å². The Bertz CT molecular complexity index is 936. The zero-order chi connectivity index (χ0) is 15.9. The molecule has 0 bridgehead atoms. The molecule has 5 nitrogen and oxygen atoms in total. The normalized spacial score (nSPS) is 21.7. The van der Waals surface area contributed by atoms with Crippen LogP contribution in [0.1, 0.15) is 25.7 Å². The van der Waals surface area contributed by atoms with E-state index >= 15 is 0 Å². The minimum absolute atomic E-state index is 0.0769. The van der Waals surface area contributed by atoms with Gasteiger partial charge in [-0.05, 0) is 37.1 Å². The summed E-state index contributed by atoms with van der Waals surface area (Å²) in [5, 5.41) is 21.0. The van der Waals surface area contributed by atoms with Crippen molar-refractivity contribution in [1.82, 2.24) is 14.5 Å². The van der Waals surface area contributed by atoms with E-state index in [2.05, 4.69) is 20.6 Å². The quantitative estimate of drug-likeness (QED) is 0.734. The molecule has 0 spiro atoms. The average molecular weight is 324 g/mol. The molecule has 1 N–H and O–H groups in total. The molecule has 0 aromatic carbocycles. The van der Waals surface area contributed by atoms with E-state index in [1.165, 1.54) is 5.57 Å². The number of imidazole rings is 1. The van der Waals surface area contributed by atoms with Crippen molar-refractivity contribution >= 4 is 32.6 Å². The van der Waals surface area contributed by atoms with Gasteiger partial charge in [-0.2, -0.15) is 5.26 Å². The summed E-state index contributed by atoms with van der Waals surface area (Å²) in [6.45, 7) is 0.0769. The second-order valence-electron chi connectivity index (χ2n) is 6.06. The standard InChI is InChI=1S/C17H16N4OS/c18-7-3-12-1-5-17(10-22,6-2-12)21-11-20-14-9-19-13-4-8-23-16(13)15(14)21/h3-4,8-9,11,22H,1-2,5-6,10H2. The number of hydrogen-bond acceptors (Lipinski definition) is 5. The monoisotopic (exact) mass is 324 g/mol. The van der Waals surface area contributed by atoms with Crippen molar-refractivity contribution in [3.8, 4) is 6.07 Å². The molecule has 0 amide bonds. The molecule has 1 fully saturated rings. The van der Waals surface area contributed by atoms with Crippen LogP contribution in [0.4, 0.5) is 0 Å². The predicted octanol–water partition coefficient (Wildman–Crippen LogP) is 3.36. The summed E-state index contributed by atoms with van der Waals surface area (Å²) >= 11 is 1.66. The second-order valence-corrected chi connectivity index (χ2v) is 6.97. The summed E-state index contributed by atoms with van der Waals surface area (Å²) in [4.78, 5) is 8.94. The summed E-state index contributed by atoms with van der Waals surface area (Å²) in [6, 6.07) is 4.13. The number of hydrogen-bond donors (Lipinski definition) is 1. The lowest BCUT2D eigenvalue weighted by Gasteiger charge is -2.38. The molecule has 3 aromatic heterocycles. The molecule has 23 heavy (non-hydrogen) atoms. The van der Waals surface area contributed by atoms with Gasteiger partial charge in [0.1, 0.15) is 5.52 Å². The van der Waals surface area contributed by atoms with Crippen LogP contribution < -0.4 is 0 Å². The van der Waals surface area contributed by atoms with Crippen molar-refractivity contribution in [3.63, 3.8) is 0 Å². The van der Waals surface area contributed by atoms with E-state index in [9.17, 15) is 5.11 Å². The Labute approximate surface area is 137 Å². The van der Waals surface area contributed by atoms with Gasteiger partial charge in [0, 0.05) is 6.08 Å². The number of aliphatic hydroxyl groups is 1. The Hall–Kier alpha value is -2.23. The first-order valence-electron chi connectivity index (χ1n) is 7.65. The molecular weight excluding hydrogens is 308 g/mol. The number of pyridine rings is 1. The third-order valence-corrected chi connectivity index (χ3v) is 5.79. The molecule has 0 saturated heterocycles. The number of aromatic nitrogens is 3. The molecule has 116 valence electrons. The zero-order valence-corrected chi connectivity index (χ0v) is 13.4. The first-order chi connectivity index (χ1) is 11.3. The number of aliphatic hydroxyl groups excluding tert-OH is 1. The molecule has 3 heterocycles. The number of nitrogens with zero attached hydrogens (tertiary/aromatic N) is 4. The molecule has 0 radical (unpaired) electrons. The molecular formula is C17H16N4OS. The first kappa shape index (κ1) is 14.4. The van der Waals surface area contributed by atoms with Crippen molar-refractivity contribution in [2.45, 2.75) is 31.2 Å². The molecule has 0 atom stereocenters. The lowest BCUT2D eigenvalue weighted by molar-refractivity contribution is 0.106. The van der Waals surface area contributed by atoms with Gasteiger partial charge in [-0.1, -0.05) is 5.57 Å². The van der Waals surface area contributed by atoms with Crippen LogP contribution in [0.3, 0.4) is 0 Å². The van der Waals surface area contributed by atoms with Gasteiger partial charge in [-0.3, -0.25) is 4.98 Å². The lowest BCUT2D eigenvalue weighted by atomic mass is 9.79. The van der Waals surface area contributed by atoms with Crippen molar-refractivity contribution in [3.05, 3.63) is 35.6 Å². The largest absolute Gasteiger partial charge is 0.394 e. The number of thiophene rings is 1. The van der Waals surface area contributed by atoms with Crippen LogP contribution in [0.25, 0.3) is 21.3 Å². The van der Waals surface area contributed by atoms with Crippen LogP contribution in [0.2, 0.25) is 0 Å². The van der Waals surface area contributed by atoms with Crippen molar-refractivity contribution < 1.29 is 5.11 Å². The van der Waals surface area contributed by atoms with Gasteiger partial charge in [0.2, 0.25) is 0 Å². The van der Waals surface area contributed by atoms with Gasteiger partial charge in [-0.25, -0.2) is 4.98 Å². The maximum Gasteiger partial charge on any atom is 0.108 e. The predicted molar refractivity (Wildman–Crippen MR) is 90.1 cm³/mol. The Morgan fingerprint density at radius 2 is 2.17 bits per heavy atom. The number of nitriles is 1. The molecule has 1 saturated carbocycles. The molecule has 1 aliphatic carbocycles. The van der Waals surface area contributed by atoms with Crippen molar-refractivity contribution in [2.75, 3.05) is 6.61 Å². The Morgan fingerprint density at radius 1 is 1.35 bits per heavy atom. The SMILES string of the molecule is N#CC=C1CCC(CO)(n2cnc3cnc4ccsc4c32)CC1. The molecule has 1 aliphatic rings. The van der Waals surface area contributed by atoms with E-state index in [0.717, 1.165) is 46.9 Å². The molecule has 0 aliphatic heterocycles. The highest BCUT2D eigenvalue weighted by Gasteiger charge is 2.36. The van der Waals surface area contributed by atoms with Crippen LogP contribution in [0.15, 0.2) is 35.6 Å². The minimum atomic E-state index is -0.347. The minimum Gasteiger partial charge on any atom is -0.394 e. The first-order valence-corrected chi connectivity index (χ1v) is 8.53. The summed E-state index contributed by atoms with van der Waals surface area (Å²) in [6.07, 6.45) is 8.60. The second kappa shape index (κ2) is 5.44. The van der Waals surface area contributed by atoms with Crippen LogP contribution in [0.5, 0.6) is 0 Å². The van der Waals surface area contributed by atoms with Crippen LogP contribution in [-0.4, -0.2) is 26.2 Å². The maximum absolute atomic E-state index is 10.2. The van der Waals surface area contributed by atoms with E-state index in [4.69, 9.17) is 5.26 Å². The van der Waals surface area contributed by atoms with E-state index in [1.54, 1.807) is 23.6 Å². The summed E-state index contributed by atoms with van der Waals surface area (Å²) in [5.74, 6) is 0. The van der Waals surface area contributed by atoms with Gasteiger partial charge >= 0.3 is 0 Å². The van der Waals surface area contributed by atoms with E-state index < -0.39 is 0 Å². The maximum atomic E-state index is 10.2. The van der Waals surface area contributed by atoms with Crippen LogP contribution in [0, 0.1) is 11.3 Å². The van der Waals surface area contributed by atoms with Crippen molar-refractivity contribution in [2.24, 2.45) is 0 Å². The summed E-state index contributed by atoms with van der Waals surface area (Å²) < 4.78 is 3.26. The zero-order valence-electron chi connectivity index (χ0n) is 12.6. The smallest absolute Gasteiger partial charge is 0.108 e. The summed E-state index contributed by atoms with van der Waals surface area (Å²) in [5.41, 5.74) is 3.72. The molecule has 4 rings (SSSR count). The topological polar surface area (TPSA) is 74.7 Å². The highest BCUT2D eigenvalue weighted by atomic mass is 32.1. The molecule has 0 unspecified atom stereocenters. The highest BCUT2D eigenvalue weighted by molar-refractivity contribution is 7.18. The number of allylic oxidation sites excluding steroid dienone is 2. The number of fused-ring (bicyclic) bond motifs is 3. The fraction of sp³-hybridized carbons (Fsp3) is 0.353. The lowest BCUT2D eigenvalue weighted by Crippen LogP contribution is -2.39. The van der Waals surface area contributed by atoms with Gasteiger partial charge in [0.15, 0.2) is 0 Å². The summed E-state index contributed by atoms with van der Waals surface area (Å²) in [7, 11) is 0. The van der Waals surface area contributed by atoms with E-state index in [1.807, 2.05) is 17.8 Å². The molecule has 6 heteroatoms. The highest BCUT2D eigenvalue weighted by Crippen LogP contribution is 2.40. The van der Waals surface area contributed by atoms with Gasteiger partial charge in [0.25, 0.3) is 0 Å². The fourth-order valence-electron chi connectivity index (χ4n) is 3.50. The van der Waals surface area contributed by atoms with Crippen LogP contribution in [-0.2, 0) is 5.54 Å². The van der Waals surface area contributed by atoms with Crippen LogP contribution >= 0.6 is 11.3 Å². The Kier molecular flexibility index (Phi) is 3.40. The van der Waals surface area contributed by atoms with E-state index in [-0.39, 0.29) is 12.1 Å². The van der Waals surface area contributed by atoms with Crippen molar-refractivity contribution in [1.29, 1.82) is 5.26 Å². The third-order valence-electron chi connectivity index (χ3n) is 4.88. The Balaban J connectivity index is 1.86. The van der Waals surface area contributed by atoms with Gasteiger partial charge in [-0.15, -0.1) is 11.3 Å². The average Bonchev–Trinajstić information content (AvgIpc) is 3.22. The fourth-order valence-corrected chi connectivity index (χ4v) is 4.39. The third kappa shape index (κ3) is 2.16. The van der Waals surface area contributed by atoms with E-state index in [0.29, 0.717) is 0 Å².